The number of ketones is 1. The molecule has 7 heteroatoms. The second kappa shape index (κ2) is 8.61. The van der Waals surface area contributed by atoms with E-state index in [0.29, 0.717) is 48.2 Å². The molecule has 2 aromatic rings. The number of Topliss-reactive ketones (excluding diaryl/α,β-unsaturated/α-hetero) is 1. The van der Waals surface area contributed by atoms with Gasteiger partial charge in [0, 0.05) is 36.8 Å². The molecular formula is C21H22ClFN2O3. The largest absolute Gasteiger partial charge is 0.484 e. The fraction of sp³-hybridized carbons (Fsp3) is 0.333. The molecule has 1 fully saturated rings. The lowest BCUT2D eigenvalue weighted by atomic mass is 10.1. The molecule has 0 radical (unpaired) electrons. The van der Waals surface area contributed by atoms with Crippen molar-refractivity contribution in [1.29, 1.82) is 0 Å². The van der Waals surface area contributed by atoms with E-state index in [9.17, 15) is 14.0 Å². The van der Waals surface area contributed by atoms with Gasteiger partial charge in [0.05, 0.1) is 5.69 Å². The number of carbonyl (C=O) groups excluding carboxylic acids is 2. The van der Waals surface area contributed by atoms with Crippen molar-refractivity contribution in [3.8, 4) is 5.75 Å². The lowest BCUT2D eigenvalue weighted by Gasteiger charge is -2.36. The number of hydrogen-bond acceptors (Lipinski definition) is 4. The summed E-state index contributed by atoms with van der Waals surface area (Å²) in [7, 11) is 0. The molecular weight excluding hydrogens is 383 g/mol. The fourth-order valence-electron chi connectivity index (χ4n) is 3.12. The Morgan fingerprint density at radius 3 is 2.43 bits per heavy atom. The first-order valence-corrected chi connectivity index (χ1v) is 9.45. The number of aryl methyl sites for hydroxylation is 1. The molecule has 0 atom stereocenters. The monoisotopic (exact) mass is 404 g/mol. The number of amides is 1. The molecule has 1 heterocycles. The van der Waals surface area contributed by atoms with Crippen molar-refractivity contribution < 1.29 is 18.7 Å². The van der Waals surface area contributed by atoms with Crippen LogP contribution < -0.4 is 9.64 Å². The Hall–Kier alpha value is -2.60. The first-order chi connectivity index (χ1) is 13.3. The summed E-state index contributed by atoms with van der Waals surface area (Å²) in [5.41, 5.74) is 1.69. The van der Waals surface area contributed by atoms with E-state index in [0.717, 1.165) is 5.56 Å². The highest BCUT2D eigenvalue weighted by Crippen LogP contribution is 2.23. The molecule has 2 aromatic carbocycles. The maximum atomic E-state index is 14.3. The maximum absolute atomic E-state index is 14.3. The summed E-state index contributed by atoms with van der Waals surface area (Å²) in [6.07, 6.45) is 0. The van der Waals surface area contributed by atoms with Crippen LogP contribution in [0.3, 0.4) is 0 Å². The van der Waals surface area contributed by atoms with Crippen molar-refractivity contribution in [2.45, 2.75) is 13.8 Å². The van der Waals surface area contributed by atoms with Gasteiger partial charge in [-0.25, -0.2) is 4.39 Å². The second-order valence-electron chi connectivity index (χ2n) is 6.79. The van der Waals surface area contributed by atoms with E-state index in [-0.39, 0.29) is 18.3 Å². The van der Waals surface area contributed by atoms with E-state index in [2.05, 4.69) is 0 Å². The molecule has 1 amide bonds. The summed E-state index contributed by atoms with van der Waals surface area (Å²) < 4.78 is 19.9. The van der Waals surface area contributed by atoms with E-state index < -0.39 is 5.82 Å². The molecule has 0 saturated carbocycles. The zero-order valence-corrected chi connectivity index (χ0v) is 16.6. The van der Waals surface area contributed by atoms with Gasteiger partial charge in [-0.2, -0.15) is 0 Å². The smallest absolute Gasteiger partial charge is 0.260 e. The lowest BCUT2D eigenvalue weighted by molar-refractivity contribution is -0.133. The van der Waals surface area contributed by atoms with Gasteiger partial charge in [0.15, 0.2) is 12.4 Å². The van der Waals surface area contributed by atoms with E-state index in [4.69, 9.17) is 16.3 Å². The quantitative estimate of drug-likeness (QED) is 0.713. The van der Waals surface area contributed by atoms with Gasteiger partial charge in [-0.1, -0.05) is 11.6 Å². The minimum Gasteiger partial charge on any atom is -0.484 e. The average molecular weight is 405 g/mol. The van der Waals surface area contributed by atoms with Gasteiger partial charge in [0.2, 0.25) is 0 Å². The molecule has 0 aromatic heterocycles. The normalized spacial score (nSPS) is 14.1. The minimum atomic E-state index is -0.422. The molecule has 148 valence electrons. The van der Waals surface area contributed by atoms with Gasteiger partial charge < -0.3 is 14.5 Å². The zero-order valence-electron chi connectivity index (χ0n) is 15.9. The van der Waals surface area contributed by atoms with Crippen molar-refractivity contribution in [2.24, 2.45) is 0 Å². The Kier molecular flexibility index (Phi) is 6.19. The van der Waals surface area contributed by atoms with E-state index in [1.807, 2.05) is 11.8 Å². The van der Waals surface area contributed by atoms with E-state index in [1.165, 1.54) is 13.0 Å². The Morgan fingerprint density at radius 1 is 1.11 bits per heavy atom. The Balaban J connectivity index is 1.54. The lowest BCUT2D eigenvalue weighted by Crippen LogP contribution is -2.50. The van der Waals surface area contributed by atoms with Crippen LogP contribution in [-0.4, -0.2) is 49.4 Å². The molecule has 5 nitrogen and oxygen atoms in total. The standard InChI is InChI=1S/C21H22ClFN2O3/c1-14-11-17(4-5-18(14)22)28-13-21(27)25-9-7-24(8-10-25)20-6-3-16(15(2)26)12-19(20)23/h3-6,11-12H,7-10,13H2,1-2H3. The first kappa shape index (κ1) is 20.1. The van der Waals surface area contributed by atoms with Crippen LogP contribution in [0.4, 0.5) is 10.1 Å². The van der Waals surface area contributed by atoms with Crippen LogP contribution >= 0.6 is 11.6 Å². The van der Waals surface area contributed by atoms with Gasteiger partial charge >= 0.3 is 0 Å². The van der Waals surface area contributed by atoms with Crippen molar-refractivity contribution in [3.63, 3.8) is 0 Å². The van der Waals surface area contributed by atoms with Crippen LogP contribution in [0.1, 0.15) is 22.8 Å². The third-order valence-electron chi connectivity index (χ3n) is 4.82. The third kappa shape index (κ3) is 4.62. The average Bonchev–Trinajstić information content (AvgIpc) is 2.68. The van der Waals surface area contributed by atoms with E-state index >= 15 is 0 Å². The van der Waals surface area contributed by atoms with Crippen LogP contribution in [-0.2, 0) is 4.79 Å². The molecule has 0 bridgehead atoms. The number of piperazine rings is 1. The Labute approximate surface area is 168 Å². The van der Waals surface area contributed by atoms with E-state index in [1.54, 1.807) is 35.2 Å². The summed E-state index contributed by atoms with van der Waals surface area (Å²) >= 11 is 5.99. The number of benzene rings is 2. The van der Waals surface area contributed by atoms with Crippen molar-refractivity contribution >= 4 is 29.0 Å². The maximum Gasteiger partial charge on any atom is 0.260 e. The second-order valence-corrected chi connectivity index (χ2v) is 7.20. The van der Waals surface area contributed by atoms with Gasteiger partial charge in [-0.3, -0.25) is 9.59 Å². The summed E-state index contributed by atoms with van der Waals surface area (Å²) in [5, 5.41) is 0.651. The summed E-state index contributed by atoms with van der Waals surface area (Å²) in [5.74, 6) is -0.105. The summed E-state index contributed by atoms with van der Waals surface area (Å²) in [6, 6.07) is 9.77. The molecule has 0 N–H and O–H groups in total. The zero-order chi connectivity index (χ0) is 20.3. The topological polar surface area (TPSA) is 49.9 Å². The molecule has 0 unspecified atom stereocenters. The van der Waals surface area contributed by atoms with Gasteiger partial charge in [-0.15, -0.1) is 0 Å². The molecule has 28 heavy (non-hydrogen) atoms. The Bertz CT molecular complexity index is 895. The highest BCUT2D eigenvalue weighted by molar-refractivity contribution is 6.31. The number of rotatable bonds is 5. The highest BCUT2D eigenvalue weighted by Gasteiger charge is 2.23. The number of nitrogens with zero attached hydrogens (tertiary/aromatic N) is 2. The number of carbonyl (C=O) groups is 2. The molecule has 0 aliphatic carbocycles. The molecule has 1 saturated heterocycles. The van der Waals surface area contributed by atoms with Crippen LogP contribution in [0, 0.1) is 12.7 Å². The molecule has 1 aliphatic rings. The van der Waals surface area contributed by atoms with Gasteiger partial charge in [-0.05, 0) is 55.8 Å². The summed E-state index contributed by atoms with van der Waals surface area (Å²) in [6.45, 7) is 5.23. The van der Waals surface area contributed by atoms with Crippen LogP contribution in [0.2, 0.25) is 5.02 Å². The Morgan fingerprint density at radius 2 is 1.82 bits per heavy atom. The van der Waals surface area contributed by atoms with Gasteiger partial charge in [0.25, 0.3) is 5.91 Å². The minimum absolute atomic E-state index is 0.0528. The van der Waals surface area contributed by atoms with Crippen LogP contribution in [0.15, 0.2) is 36.4 Å². The fourth-order valence-corrected chi connectivity index (χ4v) is 3.24. The van der Waals surface area contributed by atoms with Crippen LogP contribution in [0.25, 0.3) is 0 Å². The van der Waals surface area contributed by atoms with Crippen LogP contribution in [0.5, 0.6) is 5.75 Å². The van der Waals surface area contributed by atoms with Crippen molar-refractivity contribution in [1.82, 2.24) is 4.90 Å². The van der Waals surface area contributed by atoms with Crippen molar-refractivity contribution in [3.05, 3.63) is 58.4 Å². The number of ether oxygens (including phenoxy) is 1. The number of halogens is 2. The first-order valence-electron chi connectivity index (χ1n) is 9.07. The molecule has 0 spiro atoms. The number of hydrogen-bond donors (Lipinski definition) is 0. The predicted octanol–water partition coefficient (Wildman–Crippen LogP) is 3.72. The molecule has 1 aliphatic heterocycles. The SMILES string of the molecule is CC(=O)c1ccc(N2CCN(C(=O)COc3ccc(Cl)c(C)c3)CC2)c(F)c1. The number of anilines is 1. The summed E-state index contributed by atoms with van der Waals surface area (Å²) in [4.78, 5) is 27.3. The van der Waals surface area contributed by atoms with Gasteiger partial charge in [0.1, 0.15) is 11.6 Å². The third-order valence-corrected chi connectivity index (χ3v) is 5.24. The highest BCUT2D eigenvalue weighted by atomic mass is 35.5. The predicted molar refractivity (Wildman–Crippen MR) is 107 cm³/mol. The van der Waals surface area contributed by atoms with Crippen molar-refractivity contribution in [2.75, 3.05) is 37.7 Å². The molecule has 3 rings (SSSR count).